The summed E-state index contributed by atoms with van der Waals surface area (Å²) in [6, 6.07) is 8.30. The summed E-state index contributed by atoms with van der Waals surface area (Å²) in [4.78, 5) is 4.76. The summed E-state index contributed by atoms with van der Waals surface area (Å²) >= 11 is 0. The average Bonchev–Trinajstić information content (AvgIpc) is 3.14. The zero-order chi connectivity index (χ0) is 19.4. The summed E-state index contributed by atoms with van der Waals surface area (Å²) in [6.45, 7) is 9.37. The molecule has 0 spiro atoms. The lowest BCUT2D eigenvalue weighted by atomic mass is 9.84. The number of benzene rings is 1. The first-order valence-corrected chi connectivity index (χ1v) is 10.1. The van der Waals surface area contributed by atoms with Crippen LogP contribution in [0.2, 0.25) is 0 Å². The van der Waals surface area contributed by atoms with Crippen LogP contribution < -0.4 is 10.6 Å². The molecule has 2 rings (SSSR count). The Kier molecular flexibility index (Phi) is 12.7. The van der Waals surface area contributed by atoms with Gasteiger partial charge < -0.3 is 25.2 Å². The number of rotatable bonds is 11. The van der Waals surface area contributed by atoms with Crippen LogP contribution >= 0.6 is 24.0 Å². The normalized spacial score (nSPS) is 19.3. The van der Waals surface area contributed by atoms with Gasteiger partial charge in [0, 0.05) is 38.3 Å². The molecule has 0 saturated carbocycles. The van der Waals surface area contributed by atoms with E-state index in [1.807, 2.05) is 12.1 Å². The third kappa shape index (κ3) is 8.23. The van der Waals surface area contributed by atoms with Crippen LogP contribution in [0.4, 0.5) is 0 Å². The molecule has 6 nitrogen and oxygen atoms in total. The highest BCUT2D eigenvalue weighted by atomic mass is 127. The van der Waals surface area contributed by atoms with Crippen LogP contribution in [0.1, 0.15) is 44.2 Å². The standard InChI is InChI=1S/C21H35N3O3.HI/c1-3-12-26-15-19-8-6-5-7-18(19)14-23-20(22-4-2)24-16-21(9-11-25)10-13-27-17-21;/h5-8,25H,3-4,9-17H2,1-2H3,(H2,22,23,24);1H. The van der Waals surface area contributed by atoms with E-state index in [4.69, 9.17) is 14.5 Å². The number of nitrogens with one attached hydrogen (secondary N) is 2. The fourth-order valence-electron chi connectivity index (χ4n) is 3.27. The van der Waals surface area contributed by atoms with Crippen LogP contribution in [0.5, 0.6) is 0 Å². The number of halogens is 1. The number of guanidine groups is 1. The molecule has 1 saturated heterocycles. The molecule has 1 aliphatic heterocycles. The molecule has 0 bridgehead atoms. The van der Waals surface area contributed by atoms with Crippen molar-refractivity contribution in [3.05, 3.63) is 35.4 Å². The van der Waals surface area contributed by atoms with E-state index < -0.39 is 0 Å². The van der Waals surface area contributed by atoms with Crippen molar-refractivity contribution in [2.75, 3.05) is 39.5 Å². The van der Waals surface area contributed by atoms with Crippen molar-refractivity contribution in [2.24, 2.45) is 10.4 Å². The molecule has 1 aromatic carbocycles. The Morgan fingerprint density at radius 2 is 2.04 bits per heavy atom. The molecule has 28 heavy (non-hydrogen) atoms. The van der Waals surface area contributed by atoms with E-state index in [0.717, 1.165) is 51.5 Å². The molecule has 0 aromatic heterocycles. The van der Waals surface area contributed by atoms with Crippen LogP contribution in [-0.4, -0.2) is 50.6 Å². The van der Waals surface area contributed by atoms with E-state index in [-0.39, 0.29) is 36.0 Å². The van der Waals surface area contributed by atoms with Crippen LogP contribution in [0, 0.1) is 5.41 Å². The van der Waals surface area contributed by atoms with E-state index in [9.17, 15) is 5.11 Å². The van der Waals surface area contributed by atoms with Gasteiger partial charge in [-0.05, 0) is 37.3 Å². The topological polar surface area (TPSA) is 75.1 Å². The predicted octanol–water partition coefficient (Wildman–Crippen LogP) is 3.08. The largest absolute Gasteiger partial charge is 0.396 e. The third-order valence-electron chi connectivity index (χ3n) is 4.93. The second-order valence-corrected chi connectivity index (χ2v) is 7.15. The fourth-order valence-corrected chi connectivity index (χ4v) is 3.27. The Balaban J connectivity index is 0.00000392. The van der Waals surface area contributed by atoms with E-state index in [2.05, 4.69) is 36.6 Å². The summed E-state index contributed by atoms with van der Waals surface area (Å²) in [5, 5.41) is 16.1. The summed E-state index contributed by atoms with van der Waals surface area (Å²) in [5.74, 6) is 0.797. The van der Waals surface area contributed by atoms with Crippen molar-refractivity contribution in [2.45, 2.75) is 46.3 Å². The second kappa shape index (κ2) is 14.1. The predicted molar refractivity (Wildman–Crippen MR) is 124 cm³/mol. The lowest BCUT2D eigenvalue weighted by Crippen LogP contribution is -2.44. The number of ether oxygens (including phenoxy) is 2. The van der Waals surface area contributed by atoms with Gasteiger partial charge in [-0.15, -0.1) is 24.0 Å². The Bertz CT molecular complexity index is 578. The maximum atomic E-state index is 9.39. The van der Waals surface area contributed by atoms with E-state index in [0.29, 0.717) is 19.8 Å². The monoisotopic (exact) mass is 505 g/mol. The molecule has 1 aliphatic rings. The fraction of sp³-hybridized carbons (Fsp3) is 0.667. The summed E-state index contributed by atoms with van der Waals surface area (Å²) in [6.07, 6.45) is 2.74. The van der Waals surface area contributed by atoms with Crippen LogP contribution in [0.15, 0.2) is 29.3 Å². The number of hydrogen-bond donors (Lipinski definition) is 3. The highest BCUT2D eigenvalue weighted by Crippen LogP contribution is 2.31. The molecule has 0 aliphatic carbocycles. The zero-order valence-corrected chi connectivity index (χ0v) is 19.5. The molecule has 0 amide bonds. The van der Waals surface area contributed by atoms with Gasteiger partial charge in [-0.3, -0.25) is 0 Å². The second-order valence-electron chi connectivity index (χ2n) is 7.15. The molecule has 1 heterocycles. The minimum atomic E-state index is -0.00313. The zero-order valence-electron chi connectivity index (χ0n) is 17.2. The van der Waals surface area contributed by atoms with E-state index in [1.54, 1.807) is 0 Å². The summed E-state index contributed by atoms with van der Waals surface area (Å²) < 4.78 is 11.3. The van der Waals surface area contributed by atoms with Crippen LogP contribution in [0.3, 0.4) is 0 Å². The number of aliphatic imine (C=N–C) groups is 1. The molecule has 160 valence electrons. The smallest absolute Gasteiger partial charge is 0.191 e. The molecular weight excluding hydrogens is 469 g/mol. The molecule has 1 aromatic rings. The van der Waals surface area contributed by atoms with Crippen molar-refractivity contribution in [3.8, 4) is 0 Å². The van der Waals surface area contributed by atoms with Gasteiger partial charge in [-0.1, -0.05) is 31.2 Å². The van der Waals surface area contributed by atoms with Crippen molar-refractivity contribution in [1.82, 2.24) is 10.6 Å². The maximum absolute atomic E-state index is 9.39. The highest BCUT2D eigenvalue weighted by Gasteiger charge is 2.34. The Morgan fingerprint density at radius 3 is 2.68 bits per heavy atom. The number of hydrogen-bond acceptors (Lipinski definition) is 4. The highest BCUT2D eigenvalue weighted by molar-refractivity contribution is 14.0. The van der Waals surface area contributed by atoms with Gasteiger partial charge in [0.2, 0.25) is 0 Å². The van der Waals surface area contributed by atoms with Gasteiger partial charge in [0.05, 0.1) is 19.8 Å². The van der Waals surface area contributed by atoms with Gasteiger partial charge >= 0.3 is 0 Å². The third-order valence-corrected chi connectivity index (χ3v) is 4.93. The quantitative estimate of drug-likeness (QED) is 0.187. The first-order valence-electron chi connectivity index (χ1n) is 10.1. The number of aliphatic hydroxyl groups is 1. The van der Waals surface area contributed by atoms with Crippen molar-refractivity contribution in [3.63, 3.8) is 0 Å². The van der Waals surface area contributed by atoms with Gasteiger partial charge in [0.25, 0.3) is 0 Å². The molecule has 3 N–H and O–H groups in total. The molecular formula is C21H36IN3O3. The van der Waals surface area contributed by atoms with E-state index in [1.165, 1.54) is 11.1 Å². The van der Waals surface area contributed by atoms with E-state index >= 15 is 0 Å². The summed E-state index contributed by atoms with van der Waals surface area (Å²) in [5.41, 5.74) is 2.36. The molecule has 1 unspecified atom stereocenters. The van der Waals surface area contributed by atoms with Gasteiger partial charge in [0.15, 0.2) is 5.96 Å². The van der Waals surface area contributed by atoms with Gasteiger partial charge in [0.1, 0.15) is 0 Å². The van der Waals surface area contributed by atoms with Crippen molar-refractivity contribution in [1.29, 1.82) is 0 Å². The first kappa shape index (κ1) is 25.1. The molecule has 1 atom stereocenters. The molecule has 1 fully saturated rings. The van der Waals surface area contributed by atoms with Crippen LogP contribution in [-0.2, 0) is 22.6 Å². The van der Waals surface area contributed by atoms with Gasteiger partial charge in [-0.25, -0.2) is 4.99 Å². The minimum Gasteiger partial charge on any atom is -0.396 e. The average molecular weight is 505 g/mol. The van der Waals surface area contributed by atoms with Crippen LogP contribution in [0.25, 0.3) is 0 Å². The molecule has 7 heteroatoms. The molecule has 0 radical (unpaired) electrons. The first-order chi connectivity index (χ1) is 13.2. The van der Waals surface area contributed by atoms with Crippen molar-refractivity contribution >= 4 is 29.9 Å². The lowest BCUT2D eigenvalue weighted by Gasteiger charge is -2.27. The SMILES string of the molecule is CCCOCc1ccccc1CN=C(NCC)NCC1(CCO)CCOC1.I. The Morgan fingerprint density at radius 1 is 1.25 bits per heavy atom. The van der Waals surface area contributed by atoms with Crippen molar-refractivity contribution < 1.29 is 14.6 Å². The summed E-state index contributed by atoms with van der Waals surface area (Å²) in [7, 11) is 0. The minimum absolute atomic E-state index is 0. The number of aliphatic hydroxyl groups excluding tert-OH is 1. The lowest BCUT2D eigenvalue weighted by molar-refractivity contribution is 0.121. The Hall–Kier alpha value is -0.900. The van der Waals surface area contributed by atoms with Gasteiger partial charge in [-0.2, -0.15) is 0 Å². The maximum Gasteiger partial charge on any atom is 0.191 e. The Labute approximate surface area is 186 Å². The number of nitrogens with zero attached hydrogens (tertiary/aromatic N) is 1.